The molecule has 140 valence electrons. The van der Waals surface area contributed by atoms with Crippen molar-refractivity contribution in [2.45, 2.75) is 18.9 Å². The minimum absolute atomic E-state index is 0.197. The number of carbonyl (C=O) groups is 2. The van der Waals surface area contributed by atoms with Crippen molar-refractivity contribution in [3.05, 3.63) is 84.1 Å². The van der Waals surface area contributed by atoms with Crippen LogP contribution in [-0.2, 0) is 22.4 Å². The molecule has 4 rings (SSSR count). The maximum Gasteiger partial charge on any atom is 0.240 e. The number of hydrogen-bond acceptors (Lipinski definition) is 2. The number of primary amides is 1. The number of rotatable bonds is 6. The Balaban J connectivity index is 1.47. The Kier molecular flexibility index (Phi) is 4.81. The van der Waals surface area contributed by atoms with Gasteiger partial charge in [-0.15, -0.1) is 0 Å². The van der Waals surface area contributed by atoms with E-state index in [-0.39, 0.29) is 12.3 Å². The number of H-pyrrole nitrogens is 1. The molecule has 0 aliphatic heterocycles. The molecular weight excluding hydrogens is 350 g/mol. The van der Waals surface area contributed by atoms with Crippen molar-refractivity contribution in [3.63, 3.8) is 0 Å². The van der Waals surface area contributed by atoms with Gasteiger partial charge in [0.1, 0.15) is 6.04 Å². The van der Waals surface area contributed by atoms with Gasteiger partial charge in [0.2, 0.25) is 11.8 Å². The molecule has 1 heterocycles. The van der Waals surface area contributed by atoms with Gasteiger partial charge >= 0.3 is 0 Å². The average molecular weight is 371 g/mol. The quantitative estimate of drug-likeness (QED) is 0.486. The van der Waals surface area contributed by atoms with E-state index in [0.717, 1.165) is 32.8 Å². The number of carbonyl (C=O) groups excluding carboxylic acids is 2. The topological polar surface area (TPSA) is 88.0 Å². The van der Waals surface area contributed by atoms with Crippen LogP contribution in [0.5, 0.6) is 0 Å². The van der Waals surface area contributed by atoms with Gasteiger partial charge in [-0.3, -0.25) is 9.59 Å². The lowest BCUT2D eigenvalue weighted by atomic mass is 10.0. The number of fused-ring (bicyclic) bond motifs is 2. The van der Waals surface area contributed by atoms with Crippen LogP contribution in [0.3, 0.4) is 0 Å². The fourth-order valence-electron chi connectivity index (χ4n) is 3.52. The zero-order chi connectivity index (χ0) is 19.5. The zero-order valence-corrected chi connectivity index (χ0v) is 15.3. The first-order valence-electron chi connectivity index (χ1n) is 9.21. The van der Waals surface area contributed by atoms with E-state index >= 15 is 0 Å². The molecule has 0 saturated heterocycles. The maximum absolute atomic E-state index is 12.5. The van der Waals surface area contributed by atoms with E-state index in [0.29, 0.717) is 6.42 Å². The van der Waals surface area contributed by atoms with E-state index in [1.54, 1.807) is 0 Å². The fourth-order valence-corrected chi connectivity index (χ4v) is 3.52. The van der Waals surface area contributed by atoms with Crippen molar-refractivity contribution in [3.8, 4) is 0 Å². The summed E-state index contributed by atoms with van der Waals surface area (Å²) in [4.78, 5) is 27.6. The van der Waals surface area contributed by atoms with Crippen LogP contribution in [0.15, 0.2) is 72.9 Å². The third kappa shape index (κ3) is 3.74. The molecule has 0 aliphatic carbocycles. The van der Waals surface area contributed by atoms with Gasteiger partial charge in [0.25, 0.3) is 0 Å². The molecule has 1 atom stereocenters. The van der Waals surface area contributed by atoms with Crippen molar-refractivity contribution in [1.29, 1.82) is 0 Å². The van der Waals surface area contributed by atoms with Gasteiger partial charge in [-0.1, -0.05) is 60.7 Å². The van der Waals surface area contributed by atoms with E-state index in [1.165, 1.54) is 0 Å². The van der Waals surface area contributed by atoms with Gasteiger partial charge in [-0.05, 0) is 28.0 Å². The van der Waals surface area contributed by atoms with Crippen molar-refractivity contribution >= 4 is 33.5 Å². The second-order valence-corrected chi connectivity index (χ2v) is 6.94. The molecule has 0 unspecified atom stereocenters. The summed E-state index contributed by atoms with van der Waals surface area (Å²) in [6, 6.07) is 21.0. The number of benzene rings is 3. The molecule has 4 N–H and O–H groups in total. The maximum atomic E-state index is 12.5. The van der Waals surface area contributed by atoms with Crippen molar-refractivity contribution in [2.24, 2.45) is 5.73 Å². The van der Waals surface area contributed by atoms with Crippen molar-refractivity contribution in [1.82, 2.24) is 10.3 Å². The Hall–Kier alpha value is -3.60. The number of amides is 2. The summed E-state index contributed by atoms with van der Waals surface area (Å²) in [6.07, 6.45) is 2.40. The standard InChI is InChI=1S/C23H21N3O2/c24-23(28)21(13-18-14-25-20-8-4-3-7-19(18)20)26-22(27)12-15-9-10-16-5-1-2-6-17(16)11-15/h1-11,14,21,25H,12-13H2,(H2,24,28)(H,26,27)/t21-/m0/s1. The Labute approximate surface area is 162 Å². The molecule has 5 heteroatoms. The summed E-state index contributed by atoms with van der Waals surface area (Å²) in [7, 11) is 0. The minimum Gasteiger partial charge on any atom is -0.368 e. The van der Waals surface area contributed by atoms with Crippen LogP contribution in [0.2, 0.25) is 0 Å². The summed E-state index contributed by atoms with van der Waals surface area (Å²) >= 11 is 0. The highest BCUT2D eigenvalue weighted by Gasteiger charge is 2.20. The Morgan fingerprint density at radius 2 is 1.71 bits per heavy atom. The minimum atomic E-state index is -0.757. The third-order valence-corrected chi connectivity index (χ3v) is 4.96. The van der Waals surface area contributed by atoms with E-state index in [9.17, 15) is 9.59 Å². The number of hydrogen-bond donors (Lipinski definition) is 3. The number of nitrogens with one attached hydrogen (secondary N) is 2. The number of aromatic nitrogens is 1. The van der Waals surface area contributed by atoms with Gasteiger partial charge in [-0.2, -0.15) is 0 Å². The molecule has 3 aromatic carbocycles. The van der Waals surface area contributed by atoms with Crippen molar-refractivity contribution in [2.75, 3.05) is 0 Å². The summed E-state index contributed by atoms with van der Waals surface area (Å²) in [6.45, 7) is 0. The molecular formula is C23H21N3O2. The first-order valence-corrected chi connectivity index (χ1v) is 9.21. The molecule has 4 aromatic rings. The Morgan fingerprint density at radius 1 is 0.964 bits per heavy atom. The summed E-state index contributed by atoms with van der Waals surface area (Å²) in [5.41, 5.74) is 8.38. The highest BCUT2D eigenvalue weighted by atomic mass is 16.2. The van der Waals surface area contributed by atoms with Crippen LogP contribution in [0.4, 0.5) is 0 Å². The average Bonchev–Trinajstić information content (AvgIpc) is 3.10. The molecule has 2 amide bonds. The van der Waals surface area contributed by atoms with Gasteiger partial charge < -0.3 is 16.0 Å². The SMILES string of the molecule is NC(=O)[C@H](Cc1c[nH]c2ccccc12)NC(=O)Cc1ccc2ccccc2c1. The third-order valence-electron chi connectivity index (χ3n) is 4.96. The molecule has 0 fully saturated rings. The molecule has 0 aliphatic rings. The van der Waals surface area contributed by atoms with Gasteiger partial charge in [0.15, 0.2) is 0 Å². The van der Waals surface area contributed by atoms with E-state index in [1.807, 2.05) is 72.9 Å². The fraction of sp³-hybridized carbons (Fsp3) is 0.130. The van der Waals surface area contributed by atoms with Crippen LogP contribution < -0.4 is 11.1 Å². The number of nitrogens with two attached hydrogens (primary N) is 1. The van der Waals surface area contributed by atoms with Crippen LogP contribution >= 0.6 is 0 Å². The molecule has 0 spiro atoms. The lowest BCUT2D eigenvalue weighted by Gasteiger charge is -2.15. The van der Waals surface area contributed by atoms with Crippen LogP contribution in [0.1, 0.15) is 11.1 Å². The van der Waals surface area contributed by atoms with Crippen molar-refractivity contribution < 1.29 is 9.59 Å². The summed E-state index contributed by atoms with van der Waals surface area (Å²) < 4.78 is 0. The predicted octanol–water partition coefficient (Wildman–Crippen LogP) is 3.08. The zero-order valence-electron chi connectivity index (χ0n) is 15.3. The molecule has 0 radical (unpaired) electrons. The lowest BCUT2D eigenvalue weighted by molar-refractivity contribution is -0.126. The molecule has 5 nitrogen and oxygen atoms in total. The van der Waals surface area contributed by atoms with Crippen LogP contribution in [-0.4, -0.2) is 22.8 Å². The van der Waals surface area contributed by atoms with E-state index in [2.05, 4.69) is 10.3 Å². The van der Waals surface area contributed by atoms with E-state index < -0.39 is 11.9 Å². The lowest BCUT2D eigenvalue weighted by Crippen LogP contribution is -2.46. The monoisotopic (exact) mass is 371 g/mol. The predicted molar refractivity (Wildman–Crippen MR) is 111 cm³/mol. The first kappa shape index (κ1) is 17.8. The Bertz CT molecular complexity index is 1160. The molecule has 1 aromatic heterocycles. The largest absolute Gasteiger partial charge is 0.368 e. The molecule has 0 bridgehead atoms. The second kappa shape index (κ2) is 7.56. The van der Waals surface area contributed by atoms with Gasteiger partial charge in [0.05, 0.1) is 6.42 Å². The normalized spacial score (nSPS) is 12.1. The van der Waals surface area contributed by atoms with Gasteiger partial charge in [-0.25, -0.2) is 0 Å². The van der Waals surface area contributed by atoms with E-state index in [4.69, 9.17) is 5.73 Å². The highest BCUT2D eigenvalue weighted by Crippen LogP contribution is 2.19. The highest BCUT2D eigenvalue weighted by molar-refractivity contribution is 5.90. The summed E-state index contributed by atoms with van der Waals surface area (Å²) in [5, 5.41) is 6.02. The summed E-state index contributed by atoms with van der Waals surface area (Å²) in [5.74, 6) is -0.768. The molecule has 0 saturated carbocycles. The number of para-hydroxylation sites is 1. The Morgan fingerprint density at radius 3 is 2.54 bits per heavy atom. The first-order chi connectivity index (χ1) is 13.6. The van der Waals surface area contributed by atoms with Gasteiger partial charge in [0, 0.05) is 23.5 Å². The van der Waals surface area contributed by atoms with Crippen LogP contribution in [0, 0.1) is 0 Å². The second-order valence-electron chi connectivity index (χ2n) is 6.94. The smallest absolute Gasteiger partial charge is 0.240 e. The molecule has 28 heavy (non-hydrogen) atoms. The van der Waals surface area contributed by atoms with Crippen LogP contribution in [0.25, 0.3) is 21.7 Å². The number of aromatic amines is 1.